The van der Waals surface area contributed by atoms with Gasteiger partial charge in [-0.3, -0.25) is 4.79 Å². The molecule has 1 aromatic carbocycles. The van der Waals surface area contributed by atoms with Crippen molar-refractivity contribution in [3.05, 3.63) is 29.6 Å². The van der Waals surface area contributed by atoms with Crippen LogP contribution in [0, 0.1) is 5.82 Å². The Kier molecular flexibility index (Phi) is 5.45. The Bertz CT molecular complexity index is 533. The second kappa shape index (κ2) is 7.07. The lowest BCUT2D eigenvalue weighted by Crippen LogP contribution is -2.39. The molecule has 0 spiro atoms. The van der Waals surface area contributed by atoms with Crippen molar-refractivity contribution in [2.75, 3.05) is 18.4 Å². The summed E-state index contributed by atoms with van der Waals surface area (Å²) in [6.45, 7) is 1.84. The molecule has 108 valence electrons. The van der Waals surface area contributed by atoms with E-state index in [-0.39, 0.29) is 12.1 Å². The summed E-state index contributed by atoms with van der Waals surface area (Å²) in [6.07, 6.45) is 0. The first-order chi connectivity index (χ1) is 9.45. The third-order valence-corrected chi connectivity index (χ3v) is 2.27. The third-order valence-electron chi connectivity index (χ3n) is 2.27. The lowest BCUT2D eigenvalue weighted by Gasteiger charge is -2.10. The molecule has 4 N–H and O–H groups in total. The number of amides is 3. The molecule has 0 atom stereocenters. The molecule has 0 bridgehead atoms. The van der Waals surface area contributed by atoms with E-state index in [1.54, 1.807) is 6.92 Å². The summed E-state index contributed by atoms with van der Waals surface area (Å²) >= 11 is 0. The monoisotopic (exact) mass is 283 g/mol. The van der Waals surface area contributed by atoms with E-state index in [1.165, 1.54) is 6.07 Å². The van der Waals surface area contributed by atoms with Crippen molar-refractivity contribution < 1.29 is 23.9 Å². The number of carbonyl (C=O) groups is 3. The van der Waals surface area contributed by atoms with Crippen molar-refractivity contribution in [3.8, 4) is 0 Å². The van der Waals surface area contributed by atoms with Crippen molar-refractivity contribution in [1.29, 1.82) is 0 Å². The van der Waals surface area contributed by atoms with E-state index in [9.17, 15) is 18.8 Å². The van der Waals surface area contributed by atoms with Crippen LogP contribution in [0.5, 0.6) is 0 Å². The molecule has 1 rings (SSSR count). The topological polar surface area (TPSA) is 108 Å². The molecule has 0 aliphatic carbocycles. The second-order valence-electron chi connectivity index (χ2n) is 3.73. The van der Waals surface area contributed by atoms with E-state index in [4.69, 9.17) is 5.11 Å². The largest absolute Gasteiger partial charge is 0.478 e. The summed E-state index contributed by atoms with van der Waals surface area (Å²) in [5.41, 5.74) is -0.827. The smallest absolute Gasteiger partial charge is 0.337 e. The zero-order chi connectivity index (χ0) is 15.1. The number of hydrogen-bond donors (Lipinski definition) is 4. The number of hydrogen-bond acceptors (Lipinski definition) is 3. The van der Waals surface area contributed by atoms with E-state index < -0.39 is 29.4 Å². The molecule has 0 aliphatic rings. The molecule has 0 fully saturated rings. The van der Waals surface area contributed by atoms with Crippen molar-refractivity contribution in [2.45, 2.75) is 6.92 Å². The Hall–Kier alpha value is -2.64. The average molecular weight is 283 g/mol. The molecule has 0 aromatic heterocycles. The number of carbonyl (C=O) groups excluding carboxylic acids is 2. The van der Waals surface area contributed by atoms with Gasteiger partial charge in [0.25, 0.3) is 0 Å². The number of benzene rings is 1. The van der Waals surface area contributed by atoms with Gasteiger partial charge in [0.1, 0.15) is 5.82 Å². The molecule has 0 heterocycles. The van der Waals surface area contributed by atoms with Crippen LogP contribution in [-0.4, -0.2) is 36.1 Å². The fraction of sp³-hybridized carbons (Fsp3) is 0.250. The summed E-state index contributed by atoms with van der Waals surface area (Å²) in [7, 11) is 0. The first-order valence-electron chi connectivity index (χ1n) is 5.79. The van der Waals surface area contributed by atoms with Gasteiger partial charge in [-0.1, -0.05) is 6.07 Å². The first kappa shape index (κ1) is 15.4. The van der Waals surface area contributed by atoms with Gasteiger partial charge in [0.05, 0.1) is 17.8 Å². The maximum Gasteiger partial charge on any atom is 0.337 e. The molecule has 0 unspecified atom stereocenters. The molecule has 20 heavy (non-hydrogen) atoms. The highest BCUT2D eigenvalue weighted by Crippen LogP contribution is 2.19. The Morgan fingerprint density at radius 3 is 2.55 bits per heavy atom. The number of anilines is 1. The van der Waals surface area contributed by atoms with Crippen LogP contribution in [0.15, 0.2) is 18.2 Å². The number of likely N-dealkylation sites (N-methyl/N-ethyl adjacent to an activating group) is 1. The average Bonchev–Trinajstić information content (AvgIpc) is 2.39. The van der Waals surface area contributed by atoms with E-state index in [2.05, 4.69) is 16.0 Å². The molecule has 3 amide bonds. The fourth-order valence-corrected chi connectivity index (χ4v) is 1.41. The molecule has 8 heteroatoms. The summed E-state index contributed by atoms with van der Waals surface area (Å²) in [6, 6.07) is 2.52. The normalized spacial score (nSPS) is 9.70. The van der Waals surface area contributed by atoms with Gasteiger partial charge < -0.3 is 21.1 Å². The molecule has 0 saturated carbocycles. The molecule has 0 saturated heterocycles. The van der Waals surface area contributed by atoms with E-state index >= 15 is 0 Å². The van der Waals surface area contributed by atoms with Crippen LogP contribution in [0.25, 0.3) is 0 Å². The number of urea groups is 1. The highest BCUT2D eigenvalue weighted by atomic mass is 19.1. The predicted octanol–water partition coefficient (Wildman–Crippen LogP) is 0.781. The van der Waals surface area contributed by atoms with Gasteiger partial charge in [0.15, 0.2) is 0 Å². The number of carboxylic acids is 1. The molecule has 1 aromatic rings. The van der Waals surface area contributed by atoms with Crippen LogP contribution in [0.3, 0.4) is 0 Å². The minimum absolute atomic E-state index is 0.295. The van der Waals surface area contributed by atoms with Gasteiger partial charge in [-0.25, -0.2) is 14.0 Å². The minimum atomic E-state index is -1.37. The van der Waals surface area contributed by atoms with Crippen LogP contribution >= 0.6 is 0 Å². The van der Waals surface area contributed by atoms with Crippen molar-refractivity contribution in [1.82, 2.24) is 10.6 Å². The number of halogens is 1. The number of carboxylic acid groups (broad SMARTS) is 1. The van der Waals surface area contributed by atoms with Gasteiger partial charge in [0.2, 0.25) is 5.91 Å². The maximum atomic E-state index is 13.5. The molecule has 7 nitrogen and oxygen atoms in total. The van der Waals surface area contributed by atoms with Gasteiger partial charge in [0, 0.05) is 6.54 Å². The van der Waals surface area contributed by atoms with Crippen molar-refractivity contribution >= 4 is 23.6 Å². The number of rotatable bonds is 5. The quantitative estimate of drug-likeness (QED) is 0.640. The lowest BCUT2D eigenvalue weighted by molar-refractivity contribution is -0.119. The van der Waals surface area contributed by atoms with Crippen LogP contribution in [0.1, 0.15) is 17.3 Å². The Morgan fingerprint density at radius 2 is 1.95 bits per heavy atom. The number of nitrogens with one attached hydrogen (secondary N) is 3. The lowest BCUT2D eigenvalue weighted by atomic mass is 10.1. The second-order valence-corrected chi connectivity index (χ2v) is 3.73. The molecule has 0 radical (unpaired) electrons. The van der Waals surface area contributed by atoms with Crippen LogP contribution in [-0.2, 0) is 4.79 Å². The van der Waals surface area contributed by atoms with Gasteiger partial charge in [-0.15, -0.1) is 0 Å². The summed E-state index contributed by atoms with van der Waals surface area (Å²) in [5.74, 6) is -2.66. The van der Waals surface area contributed by atoms with Crippen molar-refractivity contribution in [2.24, 2.45) is 0 Å². The van der Waals surface area contributed by atoms with E-state index in [0.717, 1.165) is 12.1 Å². The molecular formula is C12H14FN3O4. The maximum absolute atomic E-state index is 13.5. The summed E-state index contributed by atoms with van der Waals surface area (Å²) < 4.78 is 13.5. The number of aromatic carboxylic acids is 1. The Labute approximate surface area is 114 Å². The van der Waals surface area contributed by atoms with E-state index in [0.29, 0.717) is 6.54 Å². The van der Waals surface area contributed by atoms with Crippen molar-refractivity contribution in [3.63, 3.8) is 0 Å². The Morgan fingerprint density at radius 1 is 1.25 bits per heavy atom. The highest BCUT2D eigenvalue weighted by Gasteiger charge is 2.16. The third kappa shape index (κ3) is 4.23. The Balaban J connectivity index is 2.71. The minimum Gasteiger partial charge on any atom is -0.478 e. The number of para-hydroxylation sites is 1. The standard InChI is InChI=1S/C12H14FN3O4/c1-2-14-9(17)6-15-12(20)16-10-7(11(18)19)4-3-5-8(10)13/h3-5H,2,6H2,1H3,(H,14,17)(H,18,19)(H2,15,16,20). The van der Waals surface area contributed by atoms with Crippen LogP contribution in [0.4, 0.5) is 14.9 Å². The summed E-state index contributed by atoms with van der Waals surface area (Å²) in [4.78, 5) is 33.5. The zero-order valence-corrected chi connectivity index (χ0v) is 10.7. The van der Waals surface area contributed by atoms with Crippen LogP contribution in [0.2, 0.25) is 0 Å². The van der Waals surface area contributed by atoms with Gasteiger partial charge in [-0.05, 0) is 19.1 Å². The molecule has 0 aliphatic heterocycles. The first-order valence-corrected chi connectivity index (χ1v) is 5.79. The predicted molar refractivity (Wildman–Crippen MR) is 69.1 cm³/mol. The fourth-order valence-electron chi connectivity index (χ4n) is 1.41. The zero-order valence-electron chi connectivity index (χ0n) is 10.7. The highest BCUT2D eigenvalue weighted by molar-refractivity contribution is 6.00. The van der Waals surface area contributed by atoms with Gasteiger partial charge >= 0.3 is 12.0 Å². The molecular weight excluding hydrogens is 269 g/mol. The van der Waals surface area contributed by atoms with Gasteiger partial charge in [-0.2, -0.15) is 0 Å². The summed E-state index contributed by atoms with van der Waals surface area (Å²) in [5, 5.41) is 15.6. The SMILES string of the molecule is CCNC(=O)CNC(=O)Nc1c(F)cccc1C(=O)O. The van der Waals surface area contributed by atoms with E-state index in [1.807, 2.05) is 0 Å². The van der Waals surface area contributed by atoms with Crippen LogP contribution < -0.4 is 16.0 Å².